The van der Waals surface area contributed by atoms with Gasteiger partial charge in [-0.05, 0) is 31.9 Å². The van der Waals surface area contributed by atoms with Gasteiger partial charge in [0, 0.05) is 6.54 Å². The van der Waals surface area contributed by atoms with Gasteiger partial charge in [-0.1, -0.05) is 17.7 Å². The fraction of sp³-hybridized carbons (Fsp3) is 0.455. The van der Waals surface area contributed by atoms with Gasteiger partial charge < -0.3 is 10.8 Å². The molecule has 0 aliphatic rings. The van der Waals surface area contributed by atoms with Gasteiger partial charge in [-0.2, -0.15) is 0 Å². The minimum atomic E-state index is -3.71. The van der Waals surface area contributed by atoms with Crippen molar-refractivity contribution in [3.8, 4) is 0 Å². The monoisotopic (exact) mass is 292 g/mol. The number of hydrogen-bond acceptors (Lipinski definition) is 4. The summed E-state index contributed by atoms with van der Waals surface area (Å²) in [5.74, 6) is 0. The van der Waals surface area contributed by atoms with Crippen molar-refractivity contribution in [3.63, 3.8) is 0 Å². The lowest BCUT2D eigenvalue weighted by Crippen LogP contribution is -2.26. The van der Waals surface area contributed by atoms with E-state index in [1.54, 1.807) is 13.0 Å². The molecule has 5 nitrogen and oxygen atoms in total. The molecule has 0 aliphatic carbocycles. The molecular weight excluding hydrogens is 276 g/mol. The summed E-state index contributed by atoms with van der Waals surface area (Å²) in [5.41, 5.74) is 5.73. The molecule has 1 rings (SSSR count). The number of nitrogens with two attached hydrogens (primary N) is 1. The molecule has 0 heterocycles. The first-order chi connectivity index (χ1) is 8.34. The number of sulfonamides is 1. The first-order valence-corrected chi connectivity index (χ1v) is 7.42. The lowest BCUT2D eigenvalue weighted by molar-refractivity contribution is 0.182. The fourth-order valence-corrected chi connectivity index (χ4v) is 3.23. The smallest absolute Gasteiger partial charge is 0.244 e. The van der Waals surface area contributed by atoms with Crippen LogP contribution in [-0.2, 0) is 10.0 Å². The summed E-state index contributed by atoms with van der Waals surface area (Å²) in [4.78, 5) is -0.0938. The van der Waals surface area contributed by atoms with E-state index in [1.807, 2.05) is 0 Å². The predicted octanol–water partition coefficient (Wildman–Crippen LogP) is 1.36. The molecule has 0 amide bonds. The van der Waals surface area contributed by atoms with Crippen LogP contribution in [0.2, 0.25) is 5.02 Å². The van der Waals surface area contributed by atoms with Gasteiger partial charge in [-0.15, -0.1) is 0 Å². The highest BCUT2D eigenvalue weighted by Gasteiger charge is 2.20. The average Bonchev–Trinajstić information content (AvgIpc) is 2.23. The summed E-state index contributed by atoms with van der Waals surface area (Å²) in [6.07, 6.45) is 0.627. The third-order valence-electron chi connectivity index (χ3n) is 2.36. The van der Waals surface area contributed by atoms with Crippen LogP contribution in [0, 0.1) is 0 Å². The van der Waals surface area contributed by atoms with Crippen LogP contribution >= 0.6 is 11.6 Å². The number of nitrogen functional groups attached to an aromatic ring is 1. The molecule has 1 aromatic rings. The highest BCUT2D eigenvalue weighted by atomic mass is 35.5. The molecule has 0 spiro atoms. The molecule has 4 N–H and O–H groups in total. The van der Waals surface area contributed by atoms with Gasteiger partial charge in [0.25, 0.3) is 0 Å². The fourth-order valence-electron chi connectivity index (χ4n) is 1.49. The summed E-state index contributed by atoms with van der Waals surface area (Å²) in [6.45, 7) is 1.89. The van der Waals surface area contributed by atoms with Crippen molar-refractivity contribution < 1.29 is 13.5 Å². The minimum Gasteiger partial charge on any atom is -0.398 e. The number of anilines is 1. The van der Waals surface area contributed by atoms with Gasteiger partial charge >= 0.3 is 0 Å². The molecule has 18 heavy (non-hydrogen) atoms. The second-order valence-electron chi connectivity index (χ2n) is 4.05. The van der Waals surface area contributed by atoms with Gasteiger partial charge in [0.15, 0.2) is 0 Å². The number of benzene rings is 1. The highest BCUT2D eigenvalue weighted by Crippen LogP contribution is 2.26. The first kappa shape index (κ1) is 15.2. The Balaban J connectivity index is 2.75. The molecule has 0 aromatic heterocycles. The Morgan fingerprint density at radius 1 is 1.50 bits per heavy atom. The van der Waals surface area contributed by atoms with Gasteiger partial charge in [-0.3, -0.25) is 0 Å². The zero-order chi connectivity index (χ0) is 13.8. The Bertz CT molecular complexity index is 483. The molecule has 7 heteroatoms. The second-order valence-corrected chi connectivity index (χ2v) is 6.16. The number of rotatable bonds is 6. The number of nitrogens with one attached hydrogen (secondary N) is 1. The lowest BCUT2D eigenvalue weighted by atomic mass is 10.2. The van der Waals surface area contributed by atoms with E-state index in [1.165, 1.54) is 12.1 Å². The maximum Gasteiger partial charge on any atom is 0.244 e. The van der Waals surface area contributed by atoms with E-state index in [4.69, 9.17) is 22.4 Å². The number of aliphatic hydroxyl groups excluding tert-OH is 1. The third-order valence-corrected chi connectivity index (χ3v) is 4.36. The molecule has 0 saturated carbocycles. The molecule has 0 saturated heterocycles. The van der Waals surface area contributed by atoms with Crippen molar-refractivity contribution in [1.82, 2.24) is 4.72 Å². The average molecular weight is 293 g/mol. The van der Waals surface area contributed by atoms with Crippen LogP contribution in [0.3, 0.4) is 0 Å². The topological polar surface area (TPSA) is 92.4 Å². The van der Waals surface area contributed by atoms with E-state index >= 15 is 0 Å². The quantitative estimate of drug-likeness (QED) is 0.545. The normalized spacial score (nSPS) is 13.5. The molecule has 0 aliphatic heterocycles. The van der Waals surface area contributed by atoms with Crippen LogP contribution in [-0.4, -0.2) is 26.2 Å². The molecular formula is C11H17ClN2O3S. The number of hydrogen-bond donors (Lipinski definition) is 3. The standard InChI is InChI=1S/C11H17ClN2O3S/c1-8(15)4-3-7-14-18(16,17)11-9(12)5-2-6-10(11)13/h2,5-6,8,14-15H,3-4,7,13H2,1H3. The van der Waals surface area contributed by atoms with E-state index in [-0.39, 0.29) is 22.2 Å². The van der Waals surface area contributed by atoms with E-state index in [0.717, 1.165) is 0 Å². The Hall–Kier alpha value is -0.820. The van der Waals surface area contributed by atoms with E-state index < -0.39 is 16.1 Å². The van der Waals surface area contributed by atoms with Gasteiger partial charge in [0.2, 0.25) is 10.0 Å². The van der Waals surface area contributed by atoms with Crippen molar-refractivity contribution in [2.75, 3.05) is 12.3 Å². The second kappa shape index (κ2) is 6.38. The van der Waals surface area contributed by atoms with Gasteiger partial charge in [0.1, 0.15) is 4.90 Å². The summed E-state index contributed by atoms with van der Waals surface area (Å²) in [6, 6.07) is 4.54. The van der Waals surface area contributed by atoms with Crippen molar-refractivity contribution in [1.29, 1.82) is 0 Å². The molecule has 1 atom stereocenters. The summed E-state index contributed by atoms with van der Waals surface area (Å²) in [7, 11) is -3.71. The van der Waals surface area contributed by atoms with E-state index in [2.05, 4.69) is 4.72 Å². The van der Waals surface area contributed by atoms with Crippen LogP contribution in [0.15, 0.2) is 23.1 Å². The van der Waals surface area contributed by atoms with Crippen LogP contribution in [0.4, 0.5) is 5.69 Å². The Morgan fingerprint density at radius 3 is 2.72 bits per heavy atom. The van der Waals surface area contributed by atoms with Crippen LogP contribution in [0.25, 0.3) is 0 Å². The van der Waals surface area contributed by atoms with E-state index in [0.29, 0.717) is 12.8 Å². The lowest BCUT2D eigenvalue weighted by Gasteiger charge is -2.11. The van der Waals surface area contributed by atoms with Crippen molar-refractivity contribution >= 4 is 27.3 Å². The molecule has 0 bridgehead atoms. The predicted molar refractivity (Wildman–Crippen MR) is 72.0 cm³/mol. The van der Waals surface area contributed by atoms with Crippen molar-refractivity contribution in [2.24, 2.45) is 0 Å². The van der Waals surface area contributed by atoms with Crippen LogP contribution in [0.5, 0.6) is 0 Å². The summed E-state index contributed by atoms with van der Waals surface area (Å²) < 4.78 is 26.4. The third kappa shape index (κ3) is 4.13. The molecule has 1 aromatic carbocycles. The minimum absolute atomic E-state index is 0.0938. The Morgan fingerprint density at radius 2 is 2.17 bits per heavy atom. The van der Waals surface area contributed by atoms with Crippen molar-refractivity contribution in [3.05, 3.63) is 23.2 Å². The van der Waals surface area contributed by atoms with Crippen molar-refractivity contribution in [2.45, 2.75) is 30.8 Å². The number of halogens is 1. The zero-order valence-corrected chi connectivity index (χ0v) is 11.6. The first-order valence-electron chi connectivity index (χ1n) is 5.56. The van der Waals surface area contributed by atoms with Gasteiger partial charge in [0.05, 0.1) is 16.8 Å². The number of aliphatic hydroxyl groups is 1. The van der Waals surface area contributed by atoms with E-state index in [9.17, 15) is 8.42 Å². The SMILES string of the molecule is CC(O)CCCNS(=O)(=O)c1c(N)cccc1Cl. The Labute approximate surface area is 112 Å². The summed E-state index contributed by atoms with van der Waals surface area (Å²) >= 11 is 5.84. The summed E-state index contributed by atoms with van der Waals surface area (Å²) in [5, 5.41) is 9.16. The largest absolute Gasteiger partial charge is 0.398 e. The van der Waals surface area contributed by atoms with Crippen LogP contribution in [0.1, 0.15) is 19.8 Å². The van der Waals surface area contributed by atoms with Crippen LogP contribution < -0.4 is 10.5 Å². The van der Waals surface area contributed by atoms with Gasteiger partial charge in [-0.25, -0.2) is 13.1 Å². The molecule has 102 valence electrons. The maximum atomic E-state index is 12.0. The molecule has 0 fully saturated rings. The molecule has 1 unspecified atom stereocenters. The zero-order valence-electron chi connectivity index (χ0n) is 10.1. The molecule has 0 radical (unpaired) electrons. The Kier molecular flexibility index (Phi) is 5.40. The highest BCUT2D eigenvalue weighted by molar-refractivity contribution is 7.89. The maximum absolute atomic E-state index is 12.0.